The summed E-state index contributed by atoms with van der Waals surface area (Å²) >= 11 is 0. The Kier molecular flexibility index (Phi) is 4.13. The fourth-order valence-corrected chi connectivity index (χ4v) is 2.72. The summed E-state index contributed by atoms with van der Waals surface area (Å²) in [6.07, 6.45) is 1.95. The van der Waals surface area contributed by atoms with Crippen molar-refractivity contribution in [2.45, 2.75) is 26.7 Å². The lowest BCUT2D eigenvalue weighted by Crippen LogP contribution is -2.43. The van der Waals surface area contributed by atoms with Crippen LogP contribution in [0.25, 0.3) is 0 Å². The van der Waals surface area contributed by atoms with Gasteiger partial charge in [-0.3, -0.25) is 20.8 Å². The molecule has 0 bridgehead atoms. The van der Waals surface area contributed by atoms with Gasteiger partial charge in [0.1, 0.15) is 5.56 Å². The van der Waals surface area contributed by atoms with E-state index in [1.165, 1.54) is 18.2 Å². The van der Waals surface area contributed by atoms with Crippen molar-refractivity contribution < 1.29 is 9.72 Å². The highest BCUT2D eigenvalue weighted by atomic mass is 16.6. The molecule has 0 saturated carbocycles. The molecule has 1 aliphatic rings. The maximum atomic E-state index is 12.6. The van der Waals surface area contributed by atoms with Crippen LogP contribution in [-0.2, 0) is 0 Å². The molecular formula is C14H20N4O3. The quantitative estimate of drug-likeness (QED) is 0.505. The number of hydrogen-bond donors (Lipinski definition) is 2. The highest BCUT2D eigenvalue weighted by molar-refractivity contribution is 5.99. The molecule has 1 aromatic carbocycles. The lowest BCUT2D eigenvalue weighted by Gasteiger charge is -2.38. The van der Waals surface area contributed by atoms with Gasteiger partial charge in [0.25, 0.3) is 11.6 Å². The van der Waals surface area contributed by atoms with E-state index in [1.54, 1.807) is 4.90 Å². The summed E-state index contributed by atoms with van der Waals surface area (Å²) in [5.41, 5.74) is 2.81. The van der Waals surface area contributed by atoms with E-state index < -0.39 is 4.92 Å². The van der Waals surface area contributed by atoms with Crippen molar-refractivity contribution in [2.75, 3.05) is 18.5 Å². The third kappa shape index (κ3) is 3.30. The lowest BCUT2D eigenvalue weighted by molar-refractivity contribution is -0.385. The van der Waals surface area contributed by atoms with Crippen LogP contribution < -0.4 is 11.3 Å². The van der Waals surface area contributed by atoms with Crippen LogP contribution >= 0.6 is 0 Å². The number of anilines is 1. The predicted molar refractivity (Wildman–Crippen MR) is 79.8 cm³/mol. The summed E-state index contributed by atoms with van der Waals surface area (Å²) in [7, 11) is 0. The molecule has 1 fully saturated rings. The number of amides is 1. The van der Waals surface area contributed by atoms with Gasteiger partial charge in [-0.1, -0.05) is 13.8 Å². The van der Waals surface area contributed by atoms with E-state index in [9.17, 15) is 14.9 Å². The number of carbonyl (C=O) groups is 1. The first-order valence-electron chi connectivity index (χ1n) is 6.88. The molecule has 3 N–H and O–H groups in total. The van der Waals surface area contributed by atoms with Crippen LogP contribution in [0.3, 0.4) is 0 Å². The van der Waals surface area contributed by atoms with Gasteiger partial charge in [0.2, 0.25) is 0 Å². The molecule has 7 heteroatoms. The van der Waals surface area contributed by atoms with E-state index in [1.807, 2.05) is 0 Å². The number of rotatable bonds is 3. The highest BCUT2D eigenvalue weighted by Gasteiger charge is 2.32. The second-order valence-corrected chi connectivity index (χ2v) is 6.13. The molecule has 7 nitrogen and oxygen atoms in total. The number of nitrogens with zero attached hydrogens (tertiary/aromatic N) is 2. The summed E-state index contributed by atoms with van der Waals surface area (Å²) in [5.74, 6) is 5.01. The molecule has 0 atom stereocenters. The minimum Gasteiger partial charge on any atom is -0.338 e. The van der Waals surface area contributed by atoms with Gasteiger partial charge in [-0.15, -0.1) is 0 Å². The first-order chi connectivity index (χ1) is 9.84. The molecule has 0 spiro atoms. The SMILES string of the molecule is CC1(C)CCCN(C(=O)c2cc(NN)ccc2[N+](=O)[O-])C1. The lowest BCUT2D eigenvalue weighted by atomic mass is 9.84. The number of benzene rings is 1. The number of nitrogens with two attached hydrogens (primary N) is 1. The number of nitro benzene ring substituents is 1. The Balaban J connectivity index is 2.35. The van der Waals surface area contributed by atoms with Crippen molar-refractivity contribution in [1.29, 1.82) is 0 Å². The summed E-state index contributed by atoms with van der Waals surface area (Å²) in [6.45, 7) is 5.42. The zero-order valence-corrected chi connectivity index (χ0v) is 12.3. The molecular weight excluding hydrogens is 272 g/mol. The van der Waals surface area contributed by atoms with Crippen LogP contribution in [0.1, 0.15) is 37.0 Å². The molecule has 1 heterocycles. The Morgan fingerprint density at radius 1 is 1.48 bits per heavy atom. The second kappa shape index (κ2) is 5.69. The second-order valence-electron chi connectivity index (χ2n) is 6.13. The Labute approximate surface area is 123 Å². The average molecular weight is 292 g/mol. The monoisotopic (exact) mass is 292 g/mol. The fourth-order valence-electron chi connectivity index (χ4n) is 2.72. The molecule has 2 rings (SSSR count). The average Bonchev–Trinajstić information content (AvgIpc) is 2.44. The minimum absolute atomic E-state index is 0.0341. The number of carbonyl (C=O) groups excluding carboxylic acids is 1. The van der Waals surface area contributed by atoms with Crippen molar-refractivity contribution in [3.05, 3.63) is 33.9 Å². The molecule has 0 aromatic heterocycles. The first-order valence-corrected chi connectivity index (χ1v) is 6.88. The zero-order valence-electron chi connectivity index (χ0n) is 12.3. The van der Waals surface area contributed by atoms with Crippen LogP contribution in [0.4, 0.5) is 11.4 Å². The van der Waals surface area contributed by atoms with Crippen LogP contribution in [0.15, 0.2) is 18.2 Å². The maximum Gasteiger partial charge on any atom is 0.282 e. The van der Waals surface area contributed by atoms with E-state index in [0.717, 1.165) is 12.8 Å². The van der Waals surface area contributed by atoms with E-state index in [0.29, 0.717) is 18.8 Å². The first kappa shape index (κ1) is 15.2. The number of likely N-dealkylation sites (tertiary alicyclic amines) is 1. The standard InChI is InChI=1S/C14H20N4O3/c1-14(2)6-3-7-17(9-14)13(19)11-8-10(16-15)4-5-12(11)18(20)21/h4-5,8,16H,3,6-7,9,15H2,1-2H3. The molecule has 114 valence electrons. The minimum atomic E-state index is -0.539. The van der Waals surface area contributed by atoms with Crippen molar-refractivity contribution in [3.8, 4) is 0 Å². The Bertz CT molecular complexity index is 571. The summed E-state index contributed by atoms with van der Waals surface area (Å²) in [6, 6.07) is 4.22. The summed E-state index contributed by atoms with van der Waals surface area (Å²) in [5, 5.41) is 11.1. The Morgan fingerprint density at radius 3 is 2.76 bits per heavy atom. The van der Waals surface area contributed by atoms with Crippen molar-refractivity contribution in [3.63, 3.8) is 0 Å². The van der Waals surface area contributed by atoms with E-state index in [4.69, 9.17) is 5.84 Å². The molecule has 1 saturated heterocycles. The normalized spacial score (nSPS) is 17.4. The fraction of sp³-hybridized carbons (Fsp3) is 0.500. The smallest absolute Gasteiger partial charge is 0.282 e. The van der Waals surface area contributed by atoms with E-state index >= 15 is 0 Å². The third-order valence-electron chi connectivity index (χ3n) is 3.78. The molecule has 21 heavy (non-hydrogen) atoms. The zero-order chi connectivity index (χ0) is 15.6. The molecule has 1 aromatic rings. The van der Waals surface area contributed by atoms with Crippen LogP contribution in [0, 0.1) is 15.5 Å². The largest absolute Gasteiger partial charge is 0.338 e. The Morgan fingerprint density at radius 2 is 2.19 bits per heavy atom. The Hall–Kier alpha value is -2.15. The van der Waals surface area contributed by atoms with Gasteiger partial charge in [0.15, 0.2) is 0 Å². The number of hydrogen-bond acceptors (Lipinski definition) is 5. The van der Waals surface area contributed by atoms with Crippen LogP contribution in [0.2, 0.25) is 0 Å². The van der Waals surface area contributed by atoms with E-state index in [-0.39, 0.29) is 22.6 Å². The molecule has 1 amide bonds. The number of piperidine rings is 1. The summed E-state index contributed by atoms with van der Waals surface area (Å²) < 4.78 is 0. The predicted octanol–water partition coefficient (Wildman–Crippen LogP) is 2.14. The van der Waals surface area contributed by atoms with Gasteiger partial charge >= 0.3 is 0 Å². The van der Waals surface area contributed by atoms with Gasteiger partial charge in [0.05, 0.1) is 4.92 Å². The van der Waals surface area contributed by atoms with Crippen LogP contribution in [0.5, 0.6) is 0 Å². The van der Waals surface area contributed by atoms with Gasteiger partial charge in [-0.2, -0.15) is 0 Å². The van der Waals surface area contributed by atoms with Gasteiger partial charge in [-0.05, 0) is 30.4 Å². The van der Waals surface area contributed by atoms with Crippen molar-refractivity contribution >= 4 is 17.3 Å². The van der Waals surface area contributed by atoms with Crippen molar-refractivity contribution in [2.24, 2.45) is 11.3 Å². The maximum absolute atomic E-state index is 12.6. The molecule has 1 aliphatic heterocycles. The third-order valence-corrected chi connectivity index (χ3v) is 3.78. The van der Waals surface area contributed by atoms with Gasteiger partial charge < -0.3 is 10.3 Å². The molecule has 0 unspecified atom stereocenters. The summed E-state index contributed by atoms with van der Waals surface area (Å²) in [4.78, 5) is 24.9. The van der Waals surface area contributed by atoms with Gasteiger partial charge in [-0.25, -0.2) is 0 Å². The number of nitro groups is 1. The topological polar surface area (TPSA) is 102 Å². The number of hydrazine groups is 1. The van der Waals surface area contributed by atoms with E-state index in [2.05, 4.69) is 19.3 Å². The van der Waals surface area contributed by atoms with Gasteiger partial charge in [0, 0.05) is 24.8 Å². The highest BCUT2D eigenvalue weighted by Crippen LogP contribution is 2.31. The van der Waals surface area contributed by atoms with Crippen LogP contribution in [-0.4, -0.2) is 28.8 Å². The molecule has 0 radical (unpaired) electrons. The number of nitrogens with one attached hydrogen (secondary N) is 1. The van der Waals surface area contributed by atoms with Crippen molar-refractivity contribution in [1.82, 2.24) is 4.90 Å². The molecule has 0 aliphatic carbocycles. The number of nitrogen functional groups attached to an aromatic ring is 1.